The van der Waals surface area contributed by atoms with Crippen molar-refractivity contribution in [1.82, 2.24) is 19.4 Å². The van der Waals surface area contributed by atoms with E-state index in [0.29, 0.717) is 65.9 Å². The Bertz CT molecular complexity index is 1750. The number of esters is 1. The lowest BCUT2D eigenvalue weighted by atomic mass is 9.85. The van der Waals surface area contributed by atoms with Crippen molar-refractivity contribution >= 4 is 29.4 Å². The van der Waals surface area contributed by atoms with E-state index in [4.69, 9.17) is 19.2 Å². The third kappa shape index (κ3) is 4.79. The number of piperidine rings is 2. The summed E-state index contributed by atoms with van der Waals surface area (Å²) >= 11 is 0. The van der Waals surface area contributed by atoms with E-state index in [2.05, 4.69) is 4.90 Å². The minimum atomic E-state index is -1.68. The highest BCUT2D eigenvalue weighted by molar-refractivity contribution is 5.90. The van der Waals surface area contributed by atoms with Crippen LogP contribution in [0.25, 0.3) is 22.3 Å². The van der Waals surface area contributed by atoms with Gasteiger partial charge in [0, 0.05) is 35.6 Å². The van der Waals surface area contributed by atoms with Gasteiger partial charge in [-0.1, -0.05) is 20.3 Å². The molecule has 6 heterocycles. The molecule has 236 valence electrons. The summed E-state index contributed by atoms with van der Waals surface area (Å²) < 4.78 is 18.2. The Morgan fingerprint density at radius 2 is 1.84 bits per heavy atom. The molecule has 1 atom stereocenters. The lowest BCUT2D eigenvalue weighted by Crippen LogP contribution is -2.48. The molecule has 1 aromatic carbocycles. The summed E-state index contributed by atoms with van der Waals surface area (Å²) in [5, 5.41) is 0.863. The van der Waals surface area contributed by atoms with Crippen LogP contribution < -0.4 is 10.3 Å². The summed E-state index contributed by atoms with van der Waals surface area (Å²) in [6.45, 7) is 7.80. The first kappa shape index (κ1) is 29.5. The molecule has 4 aliphatic heterocycles. The van der Waals surface area contributed by atoms with Gasteiger partial charge in [0.2, 0.25) is 5.60 Å². The van der Waals surface area contributed by atoms with Crippen molar-refractivity contribution < 1.29 is 28.6 Å². The molecule has 2 fully saturated rings. The van der Waals surface area contributed by atoms with E-state index in [0.717, 1.165) is 42.4 Å². The quantitative estimate of drug-likeness (QED) is 0.232. The maximum absolute atomic E-state index is 13.8. The smallest absolute Gasteiger partial charge is 0.415 e. The number of nitrogens with zero attached hydrogens (tertiary/aromatic N) is 4. The lowest BCUT2D eigenvalue weighted by Gasteiger charge is -2.39. The van der Waals surface area contributed by atoms with Crippen LogP contribution in [0.2, 0.25) is 0 Å². The molecule has 0 aliphatic carbocycles. The van der Waals surface area contributed by atoms with E-state index in [1.807, 2.05) is 19.1 Å². The summed E-state index contributed by atoms with van der Waals surface area (Å²) in [6.07, 6.45) is 6.22. The second kappa shape index (κ2) is 11.6. The lowest BCUT2D eigenvalue weighted by molar-refractivity contribution is -0.182. The SMILES string of the molecule is CCc1c2c(nc3ccc(OC(=O)N4CCC(N5CCCCC5)CC4)cc13)-c1cc3c(c(=O)n1C2)COC(=O)C3(CC)OC=O. The molecule has 45 heavy (non-hydrogen) atoms. The number of aromatic nitrogens is 2. The number of benzene rings is 1. The molecule has 2 aromatic heterocycles. The summed E-state index contributed by atoms with van der Waals surface area (Å²) in [4.78, 5) is 60.5. The highest BCUT2D eigenvalue weighted by Gasteiger charge is 2.49. The van der Waals surface area contributed by atoms with E-state index in [1.165, 1.54) is 19.3 Å². The number of cyclic esters (lactones) is 1. The second-order valence-corrected chi connectivity index (χ2v) is 12.4. The molecule has 1 amide bonds. The molecular weight excluding hydrogens is 576 g/mol. The van der Waals surface area contributed by atoms with Crippen LogP contribution in [-0.4, -0.2) is 70.1 Å². The average molecular weight is 615 g/mol. The molecule has 1 unspecified atom stereocenters. The monoisotopic (exact) mass is 614 g/mol. The predicted molar refractivity (Wildman–Crippen MR) is 165 cm³/mol. The van der Waals surface area contributed by atoms with Crippen LogP contribution >= 0.6 is 0 Å². The highest BCUT2D eigenvalue weighted by Crippen LogP contribution is 2.42. The minimum Gasteiger partial charge on any atom is -0.457 e. The Morgan fingerprint density at radius 3 is 2.56 bits per heavy atom. The van der Waals surface area contributed by atoms with Crippen LogP contribution in [0.1, 0.15) is 74.6 Å². The molecule has 7 rings (SSSR count). The predicted octanol–water partition coefficient (Wildman–Crippen LogP) is 4.27. The average Bonchev–Trinajstić information content (AvgIpc) is 3.44. The van der Waals surface area contributed by atoms with Gasteiger partial charge in [0.1, 0.15) is 12.4 Å². The standard InChI is InChI=1S/C34H38N4O7/c1-3-23-24-16-22(45-33(42)37-14-10-21(11-15-37)36-12-6-5-7-13-36)8-9-28(24)35-30-25(23)18-38-29(30)17-27-26(31(38)40)19-43-32(41)34(27,4-2)44-20-39/h8-9,16-17,20-21H,3-7,10-15,18-19H2,1-2H3. The zero-order valence-electron chi connectivity index (χ0n) is 25.8. The molecule has 0 radical (unpaired) electrons. The van der Waals surface area contributed by atoms with Crippen molar-refractivity contribution in [3.05, 3.63) is 56.9 Å². The van der Waals surface area contributed by atoms with Crippen molar-refractivity contribution in [3.63, 3.8) is 0 Å². The Morgan fingerprint density at radius 1 is 1.07 bits per heavy atom. The van der Waals surface area contributed by atoms with E-state index in [9.17, 15) is 19.2 Å². The van der Waals surface area contributed by atoms with Gasteiger partial charge < -0.3 is 28.6 Å². The van der Waals surface area contributed by atoms with Crippen molar-refractivity contribution in [2.24, 2.45) is 0 Å². The van der Waals surface area contributed by atoms with Crippen LogP contribution in [0, 0.1) is 0 Å². The van der Waals surface area contributed by atoms with Crippen molar-refractivity contribution in [2.45, 2.75) is 83.6 Å². The van der Waals surface area contributed by atoms with Gasteiger partial charge in [0.25, 0.3) is 12.0 Å². The third-order valence-electron chi connectivity index (χ3n) is 10.2. The Hall–Kier alpha value is -4.25. The normalized spacial score (nSPS) is 21.6. The number of amides is 1. The molecule has 0 saturated carbocycles. The number of rotatable bonds is 6. The number of hydrogen-bond acceptors (Lipinski definition) is 9. The number of likely N-dealkylation sites (tertiary alicyclic amines) is 2. The summed E-state index contributed by atoms with van der Waals surface area (Å²) in [7, 11) is 0. The Balaban J connectivity index is 1.18. The van der Waals surface area contributed by atoms with E-state index in [1.54, 1.807) is 28.5 Å². The van der Waals surface area contributed by atoms with Gasteiger partial charge in [-0.3, -0.25) is 9.59 Å². The van der Waals surface area contributed by atoms with E-state index >= 15 is 0 Å². The number of pyridine rings is 2. The first-order valence-electron chi connectivity index (χ1n) is 16.1. The number of carbonyl (C=O) groups is 3. The zero-order chi connectivity index (χ0) is 31.3. The molecule has 0 bridgehead atoms. The Kier molecular flexibility index (Phi) is 7.59. The molecule has 11 heteroatoms. The topological polar surface area (TPSA) is 120 Å². The van der Waals surface area contributed by atoms with Crippen molar-refractivity contribution in [3.8, 4) is 17.1 Å². The van der Waals surface area contributed by atoms with Gasteiger partial charge in [0.05, 0.1) is 29.0 Å². The number of carbonyl (C=O) groups excluding carboxylic acids is 3. The maximum Gasteiger partial charge on any atom is 0.415 e. The van der Waals surface area contributed by atoms with Crippen LogP contribution in [0.3, 0.4) is 0 Å². The number of ether oxygens (including phenoxy) is 3. The van der Waals surface area contributed by atoms with Crippen LogP contribution in [0.5, 0.6) is 5.75 Å². The molecule has 2 saturated heterocycles. The Labute approximate surface area is 261 Å². The number of hydrogen-bond donors (Lipinski definition) is 0. The fourth-order valence-corrected chi connectivity index (χ4v) is 7.74. The van der Waals surface area contributed by atoms with Gasteiger partial charge in [-0.05, 0) is 81.4 Å². The zero-order valence-corrected chi connectivity index (χ0v) is 25.8. The molecule has 4 aliphatic rings. The molecule has 0 spiro atoms. The molecule has 3 aromatic rings. The number of aryl methyl sites for hydroxylation is 1. The van der Waals surface area contributed by atoms with Gasteiger partial charge >= 0.3 is 12.1 Å². The summed E-state index contributed by atoms with van der Waals surface area (Å²) in [5.74, 6) is -0.235. The van der Waals surface area contributed by atoms with E-state index < -0.39 is 11.6 Å². The maximum atomic E-state index is 13.8. The van der Waals surface area contributed by atoms with Crippen LogP contribution in [0.4, 0.5) is 4.79 Å². The number of fused-ring (bicyclic) bond motifs is 5. The highest BCUT2D eigenvalue weighted by atomic mass is 16.6. The third-order valence-corrected chi connectivity index (χ3v) is 10.2. The van der Waals surface area contributed by atoms with Crippen molar-refractivity contribution in [1.29, 1.82) is 0 Å². The minimum absolute atomic E-state index is 0.122. The van der Waals surface area contributed by atoms with Gasteiger partial charge in [-0.15, -0.1) is 0 Å². The molecular formula is C34H38N4O7. The second-order valence-electron chi connectivity index (χ2n) is 12.4. The van der Waals surface area contributed by atoms with Gasteiger partial charge in [0.15, 0.2) is 0 Å². The van der Waals surface area contributed by atoms with E-state index in [-0.39, 0.29) is 31.2 Å². The summed E-state index contributed by atoms with van der Waals surface area (Å²) in [6, 6.07) is 7.75. The largest absolute Gasteiger partial charge is 0.457 e. The first-order chi connectivity index (χ1) is 21.9. The fraction of sp³-hybridized carbons (Fsp3) is 0.500. The van der Waals surface area contributed by atoms with Gasteiger partial charge in [-0.2, -0.15) is 0 Å². The first-order valence-corrected chi connectivity index (χ1v) is 16.1. The van der Waals surface area contributed by atoms with Crippen molar-refractivity contribution in [2.75, 3.05) is 26.2 Å². The molecule has 0 N–H and O–H groups in total. The van der Waals surface area contributed by atoms with Crippen LogP contribution in [-0.2, 0) is 44.2 Å². The van der Waals surface area contributed by atoms with Crippen LogP contribution in [0.15, 0.2) is 29.1 Å². The molecule has 11 nitrogen and oxygen atoms in total. The van der Waals surface area contributed by atoms with Gasteiger partial charge in [-0.25, -0.2) is 14.6 Å². The fourth-order valence-electron chi connectivity index (χ4n) is 7.74. The summed E-state index contributed by atoms with van der Waals surface area (Å²) in [5.41, 5.74) is 2.49.